The fourth-order valence-corrected chi connectivity index (χ4v) is 3.82. The summed E-state index contributed by atoms with van der Waals surface area (Å²) in [7, 11) is 1.74. The Bertz CT molecular complexity index is 629. The van der Waals surface area contributed by atoms with E-state index < -0.39 is 0 Å². The van der Waals surface area contributed by atoms with Gasteiger partial charge >= 0.3 is 0 Å². The fourth-order valence-electron chi connectivity index (χ4n) is 3.82. The molecule has 1 saturated heterocycles. The summed E-state index contributed by atoms with van der Waals surface area (Å²) in [5, 5.41) is 3.80. The second-order valence-corrected chi connectivity index (χ2v) is 6.43. The van der Waals surface area contributed by atoms with Crippen LogP contribution in [0.25, 0.3) is 0 Å². The zero-order valence-corrected chi connectivity index (χ0v) is 14.7. The van der Waals surface area contributed by atoms with Gasteiger partial charge in [0.1, 0.15) is 5.75 Å². The minimum atomic E-state index is 0.444. The van der Waals surface area contributed by atoms with Crippen molar-refractivity contribution in [2.24, 2.45) is 0 Å². The summed E-state index contributed by atoms with van der Waals surface area (Å²) in [6.45, 7) is 5.38. The van der Waals surface area contributed by atoms with Crippen molar-refractivity contribution in [1.29, 1.82) is 0 Å². The maximum absolute atomic E-state index is 5.49. The first-order valence-electron chi connectivity index (χ1n) is 8.97. The smallest absolute Gasteiger partial charge is 0.123 e. The third kappa shape index (κ3) is 3.80. The van der Waals surface area contributed by atoms with Crippen molar-refractivity contribution in [3.8, 4) is 5.75 Å². The Morgan fingerprint density at radius 2 is 1.83 bits per heavy atom. The predicted octanol–water partition coefficient (Wildman–Crippen LogP) is 4.01. The van der Waals surface area contributed by atoms with Gasteiger partial charge in [-0.15, -0.1) is 0 Å². The number of ether oxygens (including phenoxy) is 1. The molecule has 1 fully saturated rings. The van der Waals surface area contributed by atoms with Crippen LogP contribution in [0.4, 0.5) is 0 Å². The normalized spacial score (nSPS) is 21.6. The van der Waals surface area contributed by atoms with Crippen LogP contribution in [0.5, 0.6) is 5.75 Å². The number of hydrogen-bond donors (Lipinski definition) is 1. The Morgan fingerprint density at radius 1 is 1.08 bits per heavy atom. The van der Waals surface area contributed by atoms with Crippen LogP contribution in [0.15, 0.2) is 54.6 Å². The quantitative estimate of drug-likeness (QED) is 0.869. The molecule has 0 bridgehead atoms. The second kappa shape index (κ2) is 8.32. The van der Waals surface area contributed by atoms with Crippen molar-refractivity contribution >= 4 is 0 Å². The van der Waals surface area contributed by atoms with Crippen LogP contribution < -0.4 is 10.1 Å². The number of likely N-dealkylation sites (tertiary alicyclic amines) is 1. The first-order chi connectivity index (χ1) is 11.8. The van der Waals surface area contributed by atoms with Crippen LogP contribution in [0.3, 0.4) is 0 Å². The standard InChI is InChI=1S/C21H28N2O/c1-3-23-15-9-13-19(21(23)17-10-5-4-6-11-17)22-16-18-12-7-8-14-20(18)24-2/h4-8,10-12,14,19,21-22H,3,9,13,15-16H2,1-2H3/t19-,21-/m1/s1. The van der Waals surface area contributed by atoms with E-state index in [1.54, 1.807) is 7.11 Å². The molecule has 3 rings (SSSR count). The molecule has 24 heavy (non-hydrogen) atoms. The Morgan fingerprint density at radius 3 is 2.58 bits per heavy atom. The van der Waals surface area contributed by atoms with E-state index in [0.29, 0.717) is 12.1 Å². The lowest BCUT2D eigenvalue weighted by Gasteiger charge is -2.41. The van der Waals surface area contributed by atoms with Gasteiger partial charge in [0.05, 0.1) is 13.2 Å². The minimum Gasteiger partial charge on any atom is -0.496 e. The van der Waals surface area contributed by atoms with Gasteiger partial charge < -0.3 is 10.1 Å². The predicted molar refractivity (Wildman–Crippen MR) is 99.3 cm³/mol. The lowest BCUT2D eigenvalue weighted by Crippen LogP contribution is -2.48. The Kier molecular flexibility index (Phi) is 5.89. The topological polar surface area (TPSA) is 24.5 Å². The third-order valence-electron chi connectivity index (χ3n) is 5.03. The summed E-state index contributed by atoms with van der Waals surface area (Å²) in [4.78, 5) is 2.60. The van der Waals surface area contributed by atoms with Crippen molar-refractivity contribution in [2.45, 2.75) is 38.4 Å². The van der Waals surface area contributed by atoms with E-state index in [9.17, 15) is 0 Å². The Labute approximate surface area is 145 Å². The molecule has 128 valence electrons. The van der Waals surface area contributed by atoms with Crippen molar-refractivity contribution in [2.75, 3.05) is 20.2 Å². The third-order valence-corrected chi connectivity index (χ3v) is 5.03. The highest BCUT2D eigenvalue weighted by Crippen LogP contribution is 2.31. The summed E-state index contributed by atoms with van der Waals surface area (Å²) in [5.41, 5.74) is 2.64. The van der Waals surface area contributed by atoms with E-state index >= 15 is 0 Å². The first kappa shape index (κ1) is 17.0. The molecule has 2 aromatic rings. The van der Waals surface area contributed by atoms with Gasteiger partial charge in [-0.3, -0.25) is 4.90 Å². The summed E-state index contributed by atoms with van der Waals surface area (Å²) in [6, 6.07) is 20.1. The van der Waals surface area contributed by atoms with Gasteiger partial charge in [-0.05, 0) is 37.6 Å². The van der Waals surface area contributed by atoms with Gasteiger partial charge in [-0.25, -0.2) is 0 Å². The molecule has 1 aliphatic heterocycles. The zero-order valence-electron chi connectivity index (χ0n) is 14.7. The zero-order chi connectivity index (χ0) is 16.8. The number of nitrogens with one attached hydrogen (secondary N) is 1. The number of para-hydroxylation sites is 1. The summed E-state index contributed by atoms with van der Waals surface area (Å²) < 4.78 is 5.49. The van der Waals surface area contributed by atoms with Crippen molar-refractivity contribution in [3.05, 3.63) is 65.7 Å². The molecule has 2 aromatic carbocycles. The average molecular weight is 324 g/mol. The van der Waals surface area contributed by atoms with Gasteiger partial charge in [-0.2, -0.15) is 0 Å². The van der Waals surface area contributed by atoms with Crippen LogP contribution in [0.1, 0.15) is 36.9 Å². The summed E-state index contributed by atoms with van der Waals surface area (Å²) >= 11 is 0. The number of hydrogen-bond acceptors (Lipinski definition) is 3. The molecule has 2 atom stereocenters. The number of piperidine rings is 1. The summed E-state index contributed by atoms with van der Waals surface area (Å²) in [5.74, 6) is 0.962. The molecule has 0 amide bonds. The van der Waals surface area contributed by atoms with E-state index in [-0.39, 0.29) is 0 Å². The highest BCUT2D eigenvalue weighted by Gasteiger charge is 2.31. The molecular weight excluding hydrogens is 296 g/mol. The summed E-state index contributed by atoms with van der Waals surface area (Å²) in [6.07, 6.45) is 2.46. The molecule has 0 aromatic heterocycles. The maximum Gasteiger partial charge on any atom is 0.123 e. The molecular formula is C21H28N2O. The van der Waals surface area contributed by atoms with Gasteiger partial charge in [0.25, 0.3) is 0 Å². The molecule has 1 heterocycles. The first-order valence-corrected chi connectivity index (χ1v) is 8.97. The van der Waals surface area contributed by atoms with E-state index in [4.69, 9.17) is 4.74 Å². The molecule has 1 N–H and O–H groups in total. The molecule has 0 unspecified atom stereocenters. The highest BCUT2D eigenvalue weighted by molar-refractivity contribution is 5.33. The Balaban J connectivity index is 1.77. The van der Waals surface area contributed by atoms with Gasteiger partial charge in [-0.1, -0.05) is 55.5 Å². The van der Waals surface area contributed by atoms with Gasteiger partial charge in [0.15, 0.2) is 0 Å². The molecule has 1 aliphatic rings. The lowest BCUT2D eigenvalue weighted by molar-refractivity contribution is 0.117. The minimum absolute atomic E-state index is 0.444. The van der Waals surface area contributed by atoms with Crippen molar-refractivity contribution in [3.63, 3.8) is 0 Å². The number of likely N-dealkylation sites (N-methyl/N-ethyl adjacent to an activating group) is 1. The molecule has 0 radical (unpaired) electrons. The largest absolute Gasteiger partial charge is 0.496 e. The van der Waals surface area contributed by atoms with Crippen LogP contribution in [-0.4, -0.2) is 31.1 Å². The van der Waals surface area contributed by atoms with Crippen molar-refractivity contribution < 1.29 is 4.74 Å². The molecule has 0 spiro atoms. The second-order valence-electron chi connectivity index (χ2n) is 6.43. The molecule has 0 saturated carbocycles. The maximum atomic E-state index is 5.49. The van der Waals surface area contributed by atoms with Crippen LogP contribution in [0, 0.1) is 0 Å². The van der Waals surface area contributed by atoms with Gasteiger partial charge in [0, 0.05) is 18.2 Å². The molecule has 3 heteroatoms. The SMILES string of the molecule is CCN1CCC[C@@H](NCc2ccccc2OC)[C@H]1c1ccccc1. The van der Waals surface area contributed by atoms with E-state index in [2.05, 4.69) is 59.6 Å². The van der Waals surface area contributed by atoms with Crippen LogP contribution in [0.2, 0.25) is 0 Å². The molecule has 3 nitrogen and oxygen atoms in total. The van der Waals surface area contributed by atoms with Crippen molar-refractivity contribution in [1.82, 2.24) is 10.2 Å². The lowest BCUT2D eigenvalue weighted by atomic mass is 9.90. The highest BCUT2D eigenvalue weighted by atomic mass is 16.5. The van der Waals surface area contributed by atoms with Crippen LogP contribution in [-0.2, 0) is 6.54 Å². The van der Waals surface area contributed by atoms with Crippen LogP contribution >= 0.6 is 0 Å². The Hall–Kier alpha value is -1.84. The number of nitrogens with zero attached hydrogens (tertiary/aromatic N) is 1. The average Bonchev–Trinajstić information content (AvgIpc) is 2.66. The molecule has 0 aliphatic carbocycles. The number of benzene rings is 2. The van der Waals surface area contributed by atoms with Gasteiger partial charge in [0.2, 0.25) is 0 Å². The van der Waals surface area contributed by atoms with E-state index in [1.165, 1.54) is 30.5 Å². The van der Waals surface area contributed by atoms with E-state index in [0.717, 1.165) is 18.8 Å². The monoisotopic (exact) mass is 324 g/mol. The number of methoxy groups -OCH3 is 1. The number of rotatable bonds is 6. The van der Waals surface area contributed by atoms with E-state index in [1.807, 2.05) is 12.1 Å². The fraction of sp³-hybridized carbons (Fsp3) is 0.429.